The van der Waals surface area contributed by atoms with E-state index in [1.54, 1.807) is 0 Å². The van der Waals surface area contributed by atoms with Gasteiger partial charge >= 0.3 is 0 Å². The number of hydrogen-bond donors (Lipinski definition) is 2. The van der Waals surface area contributed by atoms with Crippen molar-refractivity contribution in [3.8, 4) is 0 Å². The zero-order valence-electron chi connectivity index (χ0n) is 11.4. The smallest absolute Gasteiger partial charge is 0.124 e. The van der Waals surface area contributed by atoms with Gasteiger partial charge in [0.25, 0.3) is 0 Å². The first-order valence-electron chi connectivity index (χ1n) is 6.81. The molecule has 0 amide bonds. The number of thioether (sulfide) groups is 1. The molecule has 1 aliphatic heterocycles. The molecule has 3 N–H and O–H groups in total. The van der Waals surface area contributed by atoms with Gasteiger partial charge in [0.1, 0.15) is 5.82 Å². The van der Waals surface area contributed by atoms with Crippen LogP contribution in [0.4, 0.5) is 4.39 Å². The third kappa shape index (κ3) is 3.16. The lowest BCUT2D eigenvalue weighted by Crippen LogP contribution is -2.41. The highest BCUT2D eigenvalue weighted by Crippen LogP contribution is 2.41. The van der Waals surface area contributed by atoms with Crippen LogP contribution in [0.2, 0.25) is 0 Å². The summed E-state index contributed by atoms with van der Waals surface area (Å²) in [6.45, 7) is 0. The van der Waals surface area contributed by atoms with Gasteiger partial charge in [0, 0.05) is 27.1 Å². The Kier molecular flexibility index (Phi) is 4.64. The van der Waals surface area contributed by atoms with Crippen molar-refractivity contribution in [2.45, 2.75) is 23.3 Å². The molecule has 5 heteroatoms. The second kappa shape index (κ2) is 6.48. The topological polar surface area (TPSA) is 38.0 Å². The molecule has 3 rings (SSSR count). The Hall–Kier alpha value is -0.880. The van der Waals surface area contributed by atoms with Crippen LogP contribution < -0.4 is 11.3 Å². The lowest BCUT2D eigenvalue weighted by molar-refractivity contribution is 0.462. The van der Waals surface area contributed by atoms with Crippen molar-refractivity contribution in [1.29, 1.82) is 0 Å². The maximum Gasteiger partial charge on any atom is 0.124 e. The SMILES string of the molecule is NNC(Cc1ccc(F)cc1Br)C1CSc2ccccc21. The molecule has 2 unspecified atom stereocenters. The number of nitrogens with one attached hydrogen (secondary N) is 1. The summed E-state index contributed by atoms with van der Waals surface area (Å²) in [6.07, 6.45) is 0.761. The minimum Gasteiger partial charge on any atom is -0.271 e. The molecule has 0 saturated carbocycles. The fraction of sp³-hybridized carbons (Fsp3) is 0.250. The first-order chi connectivity index (χ1) is 10.2. The molecular formula is C16H16BrFN2S. The maximum atomic E-state index is 13.2. The molecule has 0 fully saturated rings. The third-order valence-electron chi connectivity index (χ3n) is 3.89. The summed E-state index contributed by atoms with van der Waals surface area (Å²) in [5, 5.41) is 0. The summed E-state index contributed by atoms with van der Waals surface area (Å²) in [7, 11) is 0. The van der Waals surface area contributed by atoms with E-state index in [0.29, 0.717) is 5.92 Å². The van der Waals surface area contributed by atoms with E-state index in [4.69, 9.17) is 5.84 Å². The van der Waals surface area contributed by atoms with Gasteiger partial charge in [0.15, 0.2) is 0 Å². The molecule has 110 valence electrons. The van der Waals surface area contributed by atoms with Crippen molar-refractivity contribution < 1.29 is 4.39 Å². The number of rotatable bonds is 4. The highest BCUT2D eigenvalue weighted by molar-refractivity contribution is 9.10. The van der Waals surface area contributed by atoms with E-state index in [2.05, 4.69) is 45.6 Å². The van der Waals surface area contributed by atoms with Gasteiger partial charge in [-0.25, -0.2) is 4.39 Å². The number of hydrogen-bond acceptors (Lipinski definition) is 3. The van der Waals surface area contributed by atoms with Crippen molar-refractivity contribution in [3.63, 3.8) is 0 Å². The molecule has 0 aliphatic carbocycles. The zero-order chi connectivity index (χ0) is 14.8. The Morgan fingerprint density at radius 2 is 2.14 bits per heavy atom. The van der Waals surface area contributed by atoms with Crippen LogP contribution in [-0.4, -0.2) is 11.8 Å². The van der Waals surface area contributed by atoms with Crippen molar-refractivity contribution >= 4 is 27.7 Å². The van der Waals surface area contributed by atoms with Crippen LogP contribution in [0.15, 0.2) is 51.8 Å². The first kappa shape index (κ1) is 15.0. The van der Waals surface area contributed by atoms with Gasteiger partial charge in [-0.1, -0.05) is 40.2 Å². The summed E-state index contributed by atoms with van der Waals surface area (Å²) >= 11 is 5.30. The van der Waals surface area contributed by atoms with Crippen molar-refractivity contribution in [2.75, 3.05) is 5.75 Å². The van der Waals surface area contributed by atoms with Gasteiger partial charge in [0.2, 0.25) is 0 Å². The second-order valence-corrected chi connectivity index (χ2v) is 7.08. The normalized spacial score (nSPS) is 18.5. The van der Waals surface area contributed by atoms with E-state index < -0.39 is 0 Å². The minimum atomic E-state index is -0.232. The molecule has 2 aromatic rings. The number of fused-ring (bicyclic) bond motifs is 1. The minimum absolute atomic E-state index is 0.128. The van der Waals surface area contributed by atoms with Crippen molar-refractivity contribution in [1.82, 2.24) is 5.43 Å². The lowest BCUT2D eigenvalue weighted by Gasteiger charge is -2.23. The van der Waals surface area contributed by atoms with Crippen LogP contribution in [0.1, 0.15) is 17.0 Å². The van der Waals surface area contributed by atoms with Gasteiger partial charge in [-0.3, -0.25) is 11.3 Å². The molecule has 0 spiro atoms. The number of nitrogens with two attached hydrogens (primary N) is 1. The van der Waals surface area contributed by atoms with E-state index in [1.807, 2.05) is 17.8 Å². The van der Waals surface area contributed by atoms with E-state index in [-0.39, 0.29) is 11.9 Å². The third-order valence-corrected chi connectivity index (χ3v) is 5.84. The fourth-order valence-electron chi connectivity index (χ4n) is 2.76. The van der Waals surface area contributed by atoms with Crippen LogP contribution in [0, 0.1) is 5.82 Å². The molecule has 0 radical (unpaired) electrons. The highest BCUT2D eigenvalue weighted by atomic mass is 79.9. The first-order valence-corrected chi connectivity index (χ1v) is 8.58. The molecule has 1 heterocycles. The van der Waals surface area contributed by atoms with E-state index >= 15 is 0 Å². The Balaban J connectivity index is 1.83. The van der Waals surface area contributed by atoms with Crippen LogP contribution in [0.25, 0.3) is 0 Å². The predicted molar refractivity (Wildman–Crippen MR) is 88.8 cm³/mol. The molecule has 0 saturated heterocycles. The molecule has 0 bridgehead atoms. The molecule has 1 aliphatic rings. The average Bonchev–Trinajstić information content (AvgIpc) is 2.91. The summed E-state index contributed by atoms with van der Waals surface area (Å²) in [6, 6.07) is 13.4. The fourth-order valence-corrected chi connectivity index (χ4v) is 4.61. The standard InChI is InChI=1S/C16H16BrFN2S/c17-14-8-11(18)6-5-10(14)7-15(20-19)13-9-21-16-4-2-1-3-12(13)16/h1-6,8,13,15,20H,7,9,19H2. The van der Waals surface area contributed by atoms with Gasteiger partial charge < -0.3 is 0 Å². The molecular weight excluding hydrogens is 351 g/mol. The van der Waals surface area contributed by atoms with Gasteiger partial charge in [-0.05, 0) is 35.7 Å². The van der Waals surface area contributed by atoms with Gasteiger partial charge in [-0.15, -0.1) is 11.8 Å². The number of benzene rings is 2. The largest absolute Gasteiger partial charge is 0.271 e. The Labute approximate surface area is 136 Å². The Bertz CT molecular complexity index is 650. The summed E-state index contributed by atoms with van der Waals surface area (Å²) in [4.78, 5) is 1.33. The summed E-state index contributed by atoms with van der Waals surface area (Å²) < 4.78 is 14.0. The van der Waals surface area contributed by atoms with Gasteiger partial charge in [0.05, 0.1) is 0 Å². The number of halogens is 2. The molecule has 0 aromatic heterocycles. The lowest BCUT2D eigenvalue weighted by atomic mass is 9.89. The van der Waals surface area contributed by atoms with E-state index in [9.17, 15) is 4.39 Å². The Morgan fingerprint density at radius 1 is 1.33 bits per heavy atom. The molecule has 21 heavy (non-hydrogen) atoms. The average molecular weight is 367 g/mol. The summed E-state index contributed by atoms with van der Waals surface area (Å²) in [5.74, 6) is 6.95. The van der Waals surface area contributed by atoms with Crippen LogP contribution in [-0.2, 0) is 6.42 Å². The molecule has 2 atom stereocenters. The second-order valence-electron chi connectivity index (χ2n) is 5.17. The quantitative estimate of drug-likeness (QED) is 0.637. The molecule has 2 nitrogen and oxygen atoms in total. The van der Waals surface area contributed by atoms with E-state index in [0.717, 1.165) is 22.2 Å². The van der Waals surface area contributed by atoms with Crippen LogP contribution >= 0.6 is 27.7 Å². The molecule has 2 aromatic carbocycles. The Morgan fingerprint density at radius 3 is 2.90 bits per heavy atom. The van der Waals surface area contributed by atoms with E-state index in [1.165, 1.54) is 22.6 Å². The summed E-state index contributed by atoms with van der Waals surface area (Å²) in [5.41, 5.74) is 5.36. The zero-order valence-corrected chi connectivity index (χ0v) is 13.8. The number of hydrazine groups is 1. The highest BCUT2D eigenvalue weighted by Gasteiger charge is 2.30. The predicted octanol–water partition coefficient (Wildman–Crippen LogP) is 3.85. The van der Waals surface area contributed by atoms with Crippen LogP contribution in [0.5, 0.6) is 0 Å². The van der Waals surface area contributed by atoms with Gasteiger partial charge in [-0.2, -0.15) is 0 Å². The van der Waals surface area contributed by atoms with Crippen molar-refractivity contribution in [3.05, 3.63) is 63.9 Å². The monoisotopic (exact) mass is 366 g/mol. The van der Waals surface area contributed by atoms with Crippen LogP contribution in [0.3, 0.4) is 0 Å². The van der Waals surface area contributed by atoms with Crippen molar-refractivity contribution in [2.24, 2.45) is 5.84 Å². The maximum absolute atomic E-state index is 13.2.